The van der Waals surface area contributed by atoms with Crippen molar-refractivity contribution in [2.45, 2.75) is 13.5 Å². The van der Waals surface area contributed by atoms with Crippen LogP contribution in [0.3, 0.4) is 0 Å². The van der Waals surface area contributed by atoms with Gasteiger partial charge in [0.2, 0.25) is 0 Å². The van der Waals surface area contributed by atoms with E-state index in [-0.39, 0.29) is 17.2 Å². The molecule has 4 nitrogen and oxygen atoms in total. The molecule has 0 aliphatic rings. The molecule has 25 heavy (non-hydrogen) atoms. The minimum absolute atomic E-state index is 0.0125. The van der Waals surface area contributed by atoms with Crippen LogP contribution in [0.4, 0.5) is 15.2 Å². The molecular weight excluding hydrogens is 363 g/mol. The first-order valence-corrected chi connectivity index (χ1v) is 8.67. The topological polar surface area (TPSA) is 51.2 Å². The Hall–Kier alpha value is -2.44. The highest BCUT2D eigenvalue weighted by Crippen LogP contribution is 2.23. The van der Waals surface area contributed by atoms with Gasteiger partial charge in [0.15, 0.2) is 5.13 Å². The molecule has 0 saturated carbocycles. The molecule has 0 bridgehead atoms. The Morgan fingerprint density at radius 2 is 2.04 bits per heavy atom. The number of nitrogens with one attached hydrogen (secondary N) is 1. The minimum Gasteiger partial charge on any atom is -0.456 e. The van der Waals surface area contributed by atoms with Gasteiger partial charge in [0, 0.05) is 11.1 Å². The van der Waals surface area contributed by atoms with Crippen molar-refractivity contribution in [2.75, 3.05) is 5.32 Å². The molecule has 1 N–H and O–H groups in total. The molecule has 0 saturated heterocycles. The number of ether oxygens (including phenoxy) is 1. The zero-order chi connectivity index (χ0) is 17.8. The van der Waals surface area contributed by atoms with Crippen molar-refractivity contribution in [1.82, 2.24) is 4.98 Å². The maximum atomic E-state index is 13.0. The molecule has 3 aromatic rings. The van der Waals surface area contributed by atoms with Gasteiger partial charge in [0.25, 0.3) is 0 Å². The number of halogens is 2. The Morgan fingerprint density at radius 3 is 2.76 bits per heavy atom. The summed E-state index contributed by atoms with van der Waals surface area (Å²) >= 11 is 7.26. The predicted octanol–water partition coefficient (Wildman–Crippen LogP) is 5.34. The van der Waals surface area contributed by atoms with Crippen molar-refractivity contribution in [3.8, 4) is 0 Å². The Kier molecular flexibility index (Phi) is 5.31. The fraction of sp³-hybridized carbons (Fsp3) is 0.111. The summed E-state index contributed by atoms with van der Waals surface area (Å²) in [6.45, 7) is 2.03. The maximum absolute atomic E-state index is 13.0. The summed E-state index contributed by atoms with van der Waals surface area (Å²) in [5, 5.41) is 5.71. The van der Waals surface area contributed by atoms with E-state index < -0.39 is 11.8 Å². The highest BCUT2D eigenvalue weighted by atomic mass is 35.5. The van der Waals surface area contributed by atoms with Crippen molar-refractivity contribution in [3.05, 3.63) is 75.5 Å². The lowest BCUT2D eigenvalue weighted by Gasteiger charge is -2.05. The second-order valence-corrected chi connectivity index (χ2v) is 6.60. The van der Waals surface area contributed by atoms with Gasteiger partial charge >= 0.3 is 5.97 Å². The molecule has 1 aromatic heterocycles. The first-order valence-electron chi connectivity index (χ1n) is 7.41. The largest absolute Gasteiger partial charge is 0.456 e. The molecule has 0 spiro atoms. The highest BCUT2D eigenvalue weighted by Gasteiger charge is 2.13. The SMILES string of the molecule is Cc1ccc(Nc2nc(COC(=O)c3ccc(F)cc3Cl)cs2)cc1. The third kappa shape index (κ3) is 4.55. The van der Waals surface area contributed by atoms with Gasteiger partial charge in [-0.15, -0.1) is 11.3 Å². The van der Waals surface area contributed by atoms with Crippen molar-refractivity contribution in [2.24, 2.45) is 0 Å². The standard InChI is InChI=1S/C18H14ClFN2O2S/c1-11-2-5-13(6-3-11)21-18-22-14(10-25-18)9-24-17(23)15-7-4-12(20)8-16(15)19/h2-8,10H,9H2,1H3,(H,21,22). The Bertz CT molecular complexity index is 896. The van der Waals surface area contributed by atoms with Gasteiger partial charge in [-0.3, -0.25) is 0 Å². The summed E-state index contributed by atoms with van der Waals surface area (Å²) < 4.78 is 18.2. The number of carbonyl (C=O) groups is 1. The highest BCUT2D eigenvalue weighted by molar-refractivity contribution is 7.13. The van der Waals surface area contributed by atoms with Gasteiger partial charge in [0.05, 0.1) is 16.3 Å². The van der Waals surface area contributed by atoms with Crippen LogP contribution in [0.15, 0.2) is 47.8 Å². The predicted molar refractivity (Wildman–Crippen MR) is 97.1 cm³/mol. The summed E-state index contributed by atoms with van der Waals surface area (Å²) in [6, 6.07) is 11.5. The van der Waals surface area contributed by atoms with E-state index in [0.717, 1.165) is 17.8 Å². The van der Waals surface area contributed by atoms with E-state index in [9.17, 15) is 9.18 Å². The number of esters is 1. The number of hydrogen-bond donors (Lipinski definition) is 1. The van der Waals surface area contributed by atoms with Crippen LogP contribution in [0.5, 0.6) is 0 Å². The third-order valence-electron chi connectivity index (χ3n) is 3.36. The Balaban J connectivity index is 1.59. The average molecular weight is 377 g/mol. The molecule has 0 aliphatic heterocycles. The molecule has 0 fully saturated rings. The first kappa shape index (κ1) is 17.4. The number of benzene rings is 2. The van der Waals surface area contributed by atoms with Crippen LogP contribution in [0.25, 0.3) is 0 Å². The minimum atomic E-state index is -0.619. The lowest BCUT2D eigenvalue weighted by atomic mass is 10.2. The van der Waals surface area contributed by atoms with E-state index in [0.29, 0.717) is 10.8 Å². The van der Waals surface area contributed by atoms with Crippen LogP contribution in [0, 0.1) is 12.7 Å². The van der Waals surface area contributed by atoms with Gasteiger partial charge in [-0.25, -0.2) is 14.2 Å². The van der Waals surface area contributed by atoms with Crippen molar-refractivity contribution >= 4 is 39.7 Å². The molecule has 1 heterocycles. The summed E-state index contributed by atoms with van der Waals surface area (Å²) in [7, 11) is 0. The van der Waals surface area contributed by atoms with E-state index in [1.165, 1.54) is 23.0 Å². The number of hydrogen-bond acceptors (Lipinski definition) is 5. The maximum Gasteiger partial charge on any atom is 0.340 e. The molecule has 0 atom stereocenters. The van der Waals surface area contributed by atoms with Gasteiger partial charge < -0.3 is 10.1 Å². The Labute approximate surface area is 153 Å². The van der Waals surface area contributed by atoms with Gasteiger partial charge in [-0.2, -0.15) is 0 Å². The molecule has 3 rings (SSSR count). The third-order valence-corrected chi connectivity index (χ3v) is 4.48. The second-order valence-electron chi connectivity index (χ2n) is 5.34. The average Bonchev–Trinajstić information content (AvgIpc) is 3.02. The second kappa shape index (κ2) is 7.63. The van der Waals surface area contributed by atoms with Crippen LogP contribution in [-0.4, -0.2) is 11.0 Å². The normalized spacial score (nSPS) is 10.5. The molecule has 0 unspecified atom stereocenters. The summed E-state index contributed by atoms with van der Waals surface area (Å²) in [5.41, 5.74) is 2.85. The summed E-state index contributed by atoms with van der Waals surface area (Å²) in [5.74, 6) is -1.13. The number of rotatable bonds is 5. The fourth-order valence-electron chi connectivity index (χ4n) is 2.06. The summed E-state index contributed by atoms with van der Waals surface area (Å²) in [6.07, 6.45) is 0. The van der Waals surface area contributed by atoms with Crippen LogP contribution in [-0.2, 0) is 11.3 Å². The zero-order valence-corrected chi connectivity index (χ0v) is 14.8. The van der Waals surface area contributed by atoms with Crippen molar-refractivity contribution in [3.63, 3.8) is 0 Å². The quantitative estimate of drug-likeness (QED) is 0.610. The van der Waals surface area contributed by atoms with E-state index >= 15 is 0 Å². The number of thiazole rings is 1. The number of anilines is 2. The Morgan fingerprint density at radius 1 is 1.28 bits per heavy atom. The zero-order valence-electron chi connectivity index (χ0n) is 13.3. The van der Waals surface area contributed by atoms with E-state index in [4.69, 9.17) is 16.3 Å². The first-order chi connectivity index (χ1) is 12.0. The number of aryl methyl sites for hydroxylation is 1. The smallest absolute Gasteiger partial charge is 0.340 e. The lowest BCUT2D eigenvalue weighted by Crippen LogP contribution is -2.06. The van der Waals surface area contributed by atoms with E-state index in [1.54, 1.807) is 5.38 Å². The molecule has 2 aromatic carbocycles. The van der Waals surface area contributed by atoms with Gasteiger partial charge in [0.1, 0.15) is 12.4 Å². The molecule has 7 heteroatoms. The monoisotopic (exact) mass is 376 g/mol. The molecular formula is C18H14ClFN2O2S. The summed E-state index contributed by atoms with van der Waals surface area (Å²) in [4.78, 5) is 16.4. The number of aromatic nitrogens is 1. The molecule has 128 valence electrons. The number of nitrogens with zero attached hydrogens (tertiary/aromatic N) is 1. The molecule has 0 radical (unpaired) electrons. The number of carbonyl (C=O) groups excluding carboxylic acids is 1. The van der Waals surface area contributed by atoms with Crippen LogP contribution < -0.4 is 5.32 Å². The van der Waals surface area contributed by atoms with Gasteiger partial charge in [-0.05, 0) is 37.3 Å². The van der Waals surface area contributed by atoms with Crippen LogP contribution in [0.2, 0.25) is 5.02 Å². The molecule has 0 aliphatic carbocycles. The van der Waals surface area contributed by atoms with Crippen LogP contribution in [0.1, 0.15) is 21.6 Å². The molecule has 0 amide bonds. The van der Waals surface area contributed by atoms with E-state index in [2.05, 4.69) is 10.3 Å². The fourth-order valence-corrected chi connectivity index (χ4v) is 3.02. The lowest BCUT2D eigenvalue weighted by molar-refractivity contribution is 0.0468. The van der Waals surface area contributed by atoms with Gasteiger partial charge in [-0.1, -0.05) is 29.3 Å². The van der Waals surface area contributed by atoms with E-state index in [1.807, 2.05) is 31.2 Å². The van der Waals surface area contributed by atoms with Crippen LogP contribution >= 0.6 is 22.9 Å². The van der Waals surface area contributed by atoms with Crippen molar-refractivity contribution < 1.29 is 13.9 Å². The van der Waals surface area contributed by atoms with Crippen molar-refractivity contribution in [1.29, 1.82) is 0 Å².